The van der Waals surface area contributed by atoms with Crippen LogP contribution in [0.25, 0.3) is 12.2 Å². The van der Waals surface area contributed by atoms with E-state index in [0.29, 0.717) is 0 Å². The van der Waals surface area contributed by atoms with E-state index in [-0.39, 0.29) is 11.5 Å². The lowest BCUT2D eigenvalue weighted by Crippen LogP contribution is -2.06. The van der Waals surface area contributed by atoms with Crippen LogP contribution in [0.5, 0.6) is 11.5 Å². The van der Waals surface area contributed by atoms with Gasteiger partial charge in [0, 0.05) is 0 Å². The van der Waals surface area contributed by atoms with Crippen LogP contribution in [0.4, 0.5) is 0 Å². The molecule has 0 aromatic heterocycles. The van der Waals surface area contributed by atoms with E-state index in [1.54, 1.807) is 36.4 Å². The van der Waals surface area contributed by atoms with E-state index in [2.05, 4.69) is 4.18 Å². The molecule has 104 valence electrons. The molecule has 20 heavy (non-hydrogen) atoms. The van der Waals surface area contributed by atoms with Crippen LogP contribution in [-0.4, -0.2) is 18.1 Å². The van der Waals surface area contributed by atoms with Crippen LogP contribution >= 0.6 is 0 Å². The first kappa shape index (κ1) is 14.1. The smallest absolute Gasteiger partial charge is 0.446 e. The van der Waals surface area contributed by atoms with Crippen molar-refractivity contribution < 1.29 is 22.3 Å². The molecule has 6 heteroatoms. The average molecular weight is 292 g/mol. The fourth-order valence-electron chi connectivity index (χ4n) is 1.53. The van der Waals surface area contributed by atoms with Crippen molar-refractivity contribution in [2.75, 3.05) is 0 Å². The molecular formula is C14H12O5S. The van der Waals surface area contributed by atoms with Crippen LogP contribution in [0.1, 0.15) is 11.1 Å². The highest BCUT2D eigenvalue weighted by molar-refractivity contribution is 7.81. The Balaban J connectivity index is 2.09. The lowest BCUT2D eigenvalue weighted by molar-refractivity contribution is 0.387. The van der Waals surface area contributed by atoms with Gasteiger partial charge in [-0.1, -0.05) is 36.4 Å². The molecular weight excluding hydrogens is 280 g/mol. The van der Waals surface area contributed by atoms with Gasteiger partial charge in [0.2, 0.25) is 0 Å². The molecule has 0 saturated heterocycles. The number of aromatic hydroxyl groups is 1. The zero-order chi connectivity index (χ0) is 14.6. The second kappa shape index (κ2) is 5.77. The Bertz CT molecular complexity index is 700. The van der Waals surface area contributed by atoms with Gasteiger partial charge < -0.3 is 9.29 Å². The van der Waals surface area contributed by atoms with Crippen molar-refractivity contribution in [1.82, 2.24) is 0 Å². The summed E-state index contributed by atoms with van der Waals surface area (Å²) in [6.07, 6.45) is 3.67. The molecule has 0 heterocycles. The largest absolute Gasteiger partial charge is 0.508 e. The highest BCUT2D eigenvalue weighted by Gasteiger charge is 2.05. The third-order valence-electron chi connectivity index (χ3n) is 2.44. The minimum Gasteiger partial charge on any atom is -0.508 e. The number of hydrogen-bond donors (Lipinski definition) is 2. The molecule has 0 aliphatic rings. The maximum Gasteiger partial charge on any atom is 0.446 e. The SMILES string of the molecule is O=S(=O)(O)Oc1ccc(C=Cc2ccc(O)cc2)cc1. The Hall–Kier alpha value is -2.31. The molecule has 2 aromatic rings. The molecule has 0 aliphatic heterocycles. The second-order valence-electron chi connectivity index (χ2n) is 4.00. The maximum absolute atomic E-state index is 10.5. The third kappa shape index (κ3) is 4.42. The van der Waals surface area contributed by atoms with Crippen LogP contribution in [0, 0.1) is 0 Å². The molecule has 0 spiro atoms. The molecule has 5 nitrogen and oxygen atoms in total. The van der Waals surface area contributed by atoms with Gasteiger partial charge in [0.1, 0.15) is 11.5 Å². The summed E-state index contributed by atoms with van der Waals surface area (Å²) in [7, 11) is -4.49. The molecule has 0 radical (unpaired) electrons. The van der Waals surface area contributed by atoms with Crippen molar-refractivity contribution in [3.05, 3.63) is 59.7 Å². The van der Waals surface area contributed by atoms with Gasteiger partial charge in [-0.3, -0.25) is 4.55 Å². The van der Waals surface area contributed by atoms with Crippen LogP contribution < -0.4 is 4.18 Å². The average Bonchev–Trinajstić information content (AvgIpc) is 2.38. The normalized spacial score (nSPS) is 11.7. The first-order valence-corrected chi connectivity index (χ1v) is 7.03. The summed E-state index contributed by atoms with van der Waals surface area (Å²) in [5, 5.41) is 9.16. The van der Waals surface area contributed by atoms with E-state index in [9.17, 15) is 8.42 Å². The van der Waals surface area contributed by atoms with Crippen LogP contribution in [0.15, 0.2) is 48.5 Å². The van der Waals surface area contributed by atoms with Crippen LogP contribution in [0.2, 0.25) is 0 Å². The van der Waals surface area contributed by atoms with Crippen molar-refractivity contribution >= 4 is 22.6 Å². The first-order valence-electron chi connectivity index (χ1n) is 5.66. The van der Waals surface area contributed by atoms with Crippen molar-refractivity contribution in [2.45, 2.75) is 0 Å². The van der Waals surface area contributed by atoms with E-state index in [4.69, 9.17) is 9.66 Å². The lowest BCUT2D eigenvalue weighted by atomic mass is 10.1. The van der Waals surface area contributed by atoms with Gasteiger partial charge in [-0.2, -0.15) is 8.42 Å². The molecule has 2 rings (SSSR count). The summed E-state index contributed by atoms with van der Waals surface area (Å²) in [5.41, 5.74) is 1.75. The fraction of sp³-hybridized carbons (Fsp3) is 0. The van der Waals surface area contributed by atoms with Gasteiger partial charge in [0.05, 0.1) is 0 Å². The van der Waals surface area contributed by atoms with Gasteiger partial charge in [-0.25, -0.2) is 0 Å². The standard InChI is InChI=1S/C14H12O5S/c15-13-7-3-11(4-8-13)1-2-12-5-9-14(10-6-12)19-20(16,17)18/h1-10,15H,(H,16,17,18). The molecule has 0 bridgehead atoms. The summed E-state index contributed by atoms with van der Waals surface area (Å²) in [6, 6.07) is 12.9. The topological polar surface area (TPSA) is 83.8 Å². The van der Waals surface area contributed by atoms with Crippen molar-refractivity contribution in [1.29, 1.82) is 0 Å². The molecule has 0 amide bonds. The molecule has 2 aromatic carbocycles. The van der Waals surface area contributed by atoms with E-state index in [1.165, 1.54) is 12.1 Å². The van der Waals surface area contributed by atoms with Crippen molar-refractivity contribution in [3.63, 3.8) is 0 Å². The molecule has 2 N–H and O–H groups in total. The number of phenols is 1. The summed E-state index contributed by atoms with van der Waals surface area (Å²) < 4.78 is 33.9. The second-order valence-corrected chi connectivity index (χ2v) is 5.03. The Morgan fingerprint density at radius 3 is 1.75 bits per heavy atom. The van der Waals surface area contributed by atoms with E-state index in [1.807, 2.05) is 12.2 Å². The summed E-state index contributed by atoms with van der Waals surface area (Å²) in [4.78, 5) is 0. The Labute approximate surface area is 116 Å². The Morgan fingerprint density at radius 2 is 1.30 bits per heavy atom. The molecule has 0 atom stereocenters. The zero-order valence-corrected chi connectivity index (χ0v) is 11.1. The minimum absolute atomic E-state index is 0.0364. The molecule has 0 fully saturated rings. The van der Waals surface area contributed by atoms with Crippen molar-refractivity contribution in [3.8, 4) is 11.5 Å². The number of hydrogen-bond acceptors (Lipinski definition) is 4. The van der Waals surface area contributed by atoms with Crippen molar-refractivity contribution in [2.24, 2.45) is 0 Å². The summed E-state index contributed by atoms with van der Waals surface area (Å²) >= 11 is 0. The first-order chi connectivity index (χ1) is 9.42. The predicted octanol–water partition coefficient (Wildman–Crippen LogP) is 2.74. The van der Waals surface area contributed by atoms with E-state index < -0.39 is 10.4 Å². The fourth-order valence-corrected chi connectivity index (χ4v) is 1.89. The van der Waals surface area contributed by atoms with Gasteiger partial charge in [-0.15, -0.1) is 0 Å². The minimum atomic E-state index is -4.49. The summed E-state index contributed by atoms with van der Waals surface area (Å²) in [6.45, 7) is 0. The van der Waals surface area contributed by atoms with Gasteiger partial charge in [0.25, 0.3) is 0 Å². The Morgan fingerprint density at radius 1 is 0.850 bits per heavy atom. The van der Waals surface area contributed by atoms with Gasteiger partial charge >= 0.3 is 10.4 Å². The van der Waals surface area contributed by atoms with Gasteiger partial charge in [-0.05, 0) is 35.4 Å². The zero-order valence-electron chi connectivity index (χ0n) is 10.3. The lowest BCUT2D eigenvalue weighted by Gasteiger charge is -2.01. The van der Waals surface area contributed by atoms with Gasteiger partial charge in [0.15, 0.2) is 0 Å². The summed E-state index contributed by atoms with van der Waals surface area (Å²) in [5.74, 6) is 0.239. The number of phenolic OH excluding ortho intramolecular Hbond substituents is 1. The highest BCUT2D eigenvalue weighted by atomic mass is 32.3. The number of rotatable bonds is 4. The van der Waals surface area contributed by atoms with Crippen LogP contribution in [0.3, 0.4) is 0 Å². The van der Waals surface area contributed by atoms with E-state index in [0.717, 1.165) is 11.1 Å². The quantitative estimate of drug-likeness (QED) is 0.668. The predicted molar refractivity (Wildman–Crippen MR) is 75.7 cm³/mol. The monoisotopic (exact) mass is 292 g/mol. The van der Waals surface area contributed by atoms with E-state index >= 15 is 0 Å². The maximum atomic E-state index is 10.5. The third-order valence-corrected chi connectivity index (χ3v) is 2.85. The Kier molecular flexibility index (Phi) is 4.07. The molecule has 0 saturated carbocycles. The molecule has 0 aliphatic carbocycles. The molecule has 0 unspecified atom stereocenters. The van der Waals surface area contributed by atoms with Crippen LogP contribution in [-0.2, 0) is 10.4 Å². The number of benzene rings is 2. The highest BCUT2D eigenvalue weighted by Crippen LogP contribution is 2.16.